The smallest absolute Gasteiger partial charge is 0.251 e. The van der Waals surface area contributed by atoms with Crippen molar-refractivity contribution in [2.75, 3.05) is 37.2 Å². The fraction of sp³-hybridized carbons (Fsp3) is 0.263. The minimum absolute atomic E-state index is 0.0324. The Hall–Kier alpha value is -2.86. The van der Waals surface area contributed by atoms with Gasteiger partial charge in [0.15, 0.2) is 0 Å². The molecule has 0 saturated heterocycles. The third-order valence-electron chi connectivity index (χ3n) is 4.41. The predicted molar refractivity (Wildman–Crippen MR) is 96.6 cm³/mol. The van der Waals surface area contributed by atoms with Crippen molar-refractivity contribution in [1.82, 2.24) is 0 Å². The Balaban J connectivity index is 1.68. The first-order valence-electron chi connectivity index (χ1n) is 8.20. The van der Waals surface area contributed by atoms with E-state index in [9.17, 15) is 4.79 Å². The first-order valence-corrected chi connectivity index (χ1v) is 8.20. The summed E-state index contributed by atoms with van der Waals surface area (Å²) in [5.74, 6) is 0.720. The topological polar surface area (TPSA) is 63.2 Å². The van der Waals surface area contributed by atoms with E-state index in [-0.39, 0.29) is 11.9 Å². The summed E-state index contributed by atoms with van der Waals surface area (Å²) in [6.45, 7) is 1.44. The highest BCUT2D eigenvalue weighted by Gasteiger charge is 2.36. The van der Waals surface area contributed by atoms with Crippen LogP contribution in [0.3, 0.4) is 0 Å². The Morgan fingerprint density at radius 2 is 2.12 bits per heavy atom. The lowest BCUT2D eigenvalue weighted by Crippen LogP contribution is -2.35. The average molecular weight is 337 g/mol. The summed E-state index contributed by atoms with van der Waals surface area (Å²) < 4.78 is 10.7. The number of aliphatic imine (C=N–C) groups is 1. The summed E-state index contributed by atoms with van der Waals surface area (Å²) in [7, 11) is 1.64. The van der Waals surface area contributed by atoms with Crippen LogP contribution < -0.4 is 15.0 Å². The third kappa shape index (κ3) is 2.85. The molecule has 1 atom stereocenters. The molecule has 6 heteroatoms. The van der Waals surface area contributed by atoms with Crippen LogP contribution in [0.4, 0.5) is 11.4 Å². The number of hydrogen-bond acceptors (Lipinski definition) is 5. The summed E-state index contributed by atoms with van der Waals surface area (Å²) in [6.07, 6.45) is 1.84. The van der Waals surface area contributed by atoms with E-state index in [1.807, 2.05) is 53.6 Å². The van der Waals surface area contributed by atoms with Gasteiger partial charge in [0.25, 0.3) is 5.91 Å². The summed E-state index contributed by atoms with van der Waals surface area (Å²) in [5.41, 5.74) is 3.76. The van der Waals surface area contributed by atoms with Crippen LogP contribution in [0.25, 0.3) is 0 Å². The summed E-state index contributed by atoms with van der Waals surface area (Å²) in [4.78, 5) is 19.0. The van der Waals surface area contributed by atoms with Gasteiger partial charge in [0.2, 0.25) is 0 Å². The SMILES string of the molecule is COCCOc1ccc2c(c1)N(C1C(=O)Nc3ccccc31)CN=C2. The maximum atomic E-state index is 12.6. The van der Waals surface area contributed by atoms with Crippen LogP contribution in [0.5, 0.6) is 5.75 Å². The molecule has 1 unspecified atom stereocenters. The maximum Gasteiger partial charge on any atom is 0.251 e. The number of carbonyl (C=O) groups excluding carboxylic acids is 1. The Morgan fingerprint density at radius 3 is 3.00 bits per heavy atom. The number of hydrogen-bond donors (Lipinski definition) is 1. The van der Waals surface area contributed by atoms with Crippen LogP contribution in [0, 0.1) is 0 Å². The number of nitrogens with zero attached hydrogens (tertiary/aromatic N) is 2. The van der Waals surface area contributed by atoms with Crippen molar-refractivity contribution in [1.29, 1.82) is 0 Å². The zero-order valence-electron chi connectivity index (χ0n) is 13.9. The Bertz CT molecular complexity index is 834. The van der Waals surface area contributed by atoms with E-state index < -0.39 is 0 Å². The van der Waals surface area contributed by atoms with E-state index in [4.69, 9.17) is 9.47 Å². The first kappa shape index (κ1) is 15.7. The van der Waals surface area contributed by atoms with Gasteiger partial charge in [0.05, 0.1) is 12.3 Å². The number of benzene rings is 2. The number of carbonyl (C=O) groups is 1. The molecule has 2 heterocycles. The molecule has 0 radical (unpaired) electrons. The number of para-hydroxylation sites is 1. The number of rotatable bonds is 5. The van der Waals surface area contributed by atoms with Crippen molar-refractivity contribution < 1.29 is 14.3 Å². The molecule has 0 saturated carbocycles. The quantitative estimate of drug-likeness (QED) is 0.852. The van der Waals surface area contributed by atoms with Crippen molar-refractivity contribution in [3.63, 3.8) is 0 Å². The van der Waals surface area contributed by atoms with Gasteiger partial charge in [0, 0.05) is 36.2 Å². The first-order chi connectivity index (χ1) is 12.3. The van der Waals surface area contributed by atoms with Gasteiger partial charge in [-0.15, -0.1) is 0 Å². The molecule has 1 N–H and O–H groups in total. The number of amides is 1. The van der Waals surface area contributed by atoms with E-state index in [1.54, 1.807) is 7.11 Å². The van der Waals surface area contributed by atoms with Crippen molar-refractivity contribution in [3.8, 4) is 5.75 Å². The minimum Gasteiger partial charge on any atom is -0.491 e. The van der Waals surface area contributed by atoms with Crippen LogP contribution in [-0.4, -0.2) is 39.1 Å². The highest BCUT2D eigenvalue weighted by Crippen LogP contribution is 2.40. The highest BCUT2D eigenvalue weighted by molar-refractivity contribution is 6.05. The van der Waals surface area contributed by atoms with Gasteiger partial charge in [0.1, 0.15) is 25.1 Å². The molecule has 6 nitrogen and oxygen atoms in total. The van der Waals surface area contributed by atoms with Crippen LogP contribution in [0.1, 0.15) is 17.2 Å². The van der Waals surface area contributed by atoms with E-state index in [0.717, 1.165) is 28.3 Å². The molecule has 0 aromatic heterocycles. The van der Waals surface area contributed by atoms with Crippen molar-refractivity contribution in [3.05, 3.63) is 53.6 Å². The minimum atomic E-state index is -0.387. The van der Waals surface area contributed by atoms with Gasteiger partial charge in [-0.2, -0.15) is 0 Å². The second-order valence-electron chi connectivity index (χ2n) is 5.96. The number of anilines is 2. The summed E-state index contributed by atoms with van der Waals surface area (Å²) in [6, 6.07) is 13.2. The predicted octanol–water partition coefficient (Wildman–Crippen LogP) is 2.60. The standard InChI is InChI=1S/C19H19N3O3/c1-24-8-9-25-14-7-6-13-11-20-12-22(17(13)10-14)18-15-4-2-3-5-16(15)21-19(18)23/h2-7,10-11,18H,8-9,12H2,1H3,(H,21,23). The monoisotopic (exact) mass is 337 g/mol. The van der Waals surface area contributed by atoms with E-state index in [1.165, 1.54) is 0 Å². The van der Waals surface area contributed by atoms with Crippen molar-refractivity contribution in [2.45, 2.75) is 6.04 Å². The van der Waals surface area contributed by atoms with Gasteiger partial charge in [-0.1, -0.05) is 18.2 Å². The lowest BCUT2D eigenvalue weighted by atomic mass is 10.0. The Morgan fingerprint density at radius 1 is 1.24 bits per heavy atom. The number of ether oxygens (including phenoxy) is 2. The fourth-order valence-corrected chi connectivity index (χ4v) is 3.24. The molecule has 1 amide bonds. The van der Waals surface area contributed by atoms with Gasteiger partial charge in [-0.25, -0.2) is 0 Å². The number of fused-ring (bicyclic) bond motifs is 2. The van der Waals surface area contributed by atoms with E-state index >= 15 is 0 Å². The fourth-order valence-electron chi connectivity index (χ4n) is 3.24. The Labute approximate surface area is 146 Å². The molecule has 0 fully saturated rings. The van der Waals surface area contributed by atoms with Gasteiger partial charge in [-0.05, 0) is 18.2 Å². The van der Waals surface area contributed by atoms with Crippen molar-refractivity contribution in [2.24, 2.45) is 4.99 Å². The molecule has 2 aliphatic rings. The highest BCUT2D eigenvalue weighted by atomic mass is 16.5. The molecule has 2 aromatic carbocycles. The zero-order chi connectivity index (χ0) is 17.2. The van der Waals surface area contributed by atoms with E-state index in [2.05, 4.69) is 10.3 Å². The number of nitrogens with one attached hydrogen (secondary N) is 1. The Kier molecular flexibility index (Phi) is 4.11. The largest absolute Gasteiger partial charge is 0.491 e. The molecule has 128 valence electrons. The van der Waals surface area contributed by atoms with E-state index in [0.29, 0.717) is 19.9 Å². The van der Waals surface area contributed by atoms with Gasteiger partial charge in [-0.3, -0.25) is 9.79 Å². The number of methoxy groups -OCH3 is 1. The average Bonchev–Trinajstić information content (AvgIpc) is 2.97. The second kappa shape index (κ2) is 6.57. The lowest BCUT2D eigenvalue weighted by molar-refractivity contribution is -0.117. The maximum absolute atomic E-state index is 12.6. The molecule has 0 aliphatic carbocycles. The lowest BCUT2D eigenvalue weighted by Gasteiger charge is -2.32. The normalized spacial score (nSPS) is 17.9. The molecule has 0 bridgehead atoms. The van der Waals surface area contributed by atoms with Gasteiger partial charge >= 0.3 is 0 Å². The summed E-state index contributed by atoms with van der Waals surface area (Å²) in [5, 5.41) is 2.95. The summed E-state index contributed by atoms with van der Waals surface area (Å²) >= 11 is 0. The molecule has 0 spiro atoms. The van der Waals surface area contributed by atoms with Crippen LogP contribution >= 0.6 is 0 Å². The molecule has 2 aromatic rings. The molecule has 2 aliphatic heterocycles. The van der Waals surface area contributed by atoms with Gasteiger partial charge < -0.3 is 19.7 Å². The molecular formula is C19H19N3O3. The van der Waals surface area contributed by atoms with Crippen LogP contribution in [0.15, 0.2) is 47.5 Å². The molecule has 4 rings (SSSR count). The van der Waals surface area contributed by atoms with Crippen LogP contribution in [0.2, 0.25) is 0 Å². The molecular weight excluding hydrogens is 318 g/mol. The van der Waals surface area contributed by atoms with Crippen molar-refractivity contribution >= 4 is 23.5 Å². The van der Waals surface area contributed by atoms with Crippen LogP contribution in [-0.2, 0) is 9.53 Å². The molecule has 25 heavy (non-hydrogen) atoms. The second-order valence-corrected chi connectivity index (χ2v) is 5.96. The third-order valence-corrected chi connectivity index (χ3v) is 4.41. The zero-order valence-corrected chi connectivity index (χ0v) is 13.9.